The second-order valence-electron chi connectivity index (χ2n) is 6.40. The molecule has 0 aliphatic carbocycles. The Morgan fingerprint density at radius 3 is 3.00 bits per heavy atom. The SMILES string of the molecule is Cc1cc(C)n(C[C@H]2CCCN2Cc2nc(-c3ccoc3)no2)n1. The van der Waals surface area contributed by atoms with E-state index in [1.165, 1.54) is 18.5 Å². The summed E-state index contributed by atoms with van der Waals surface area (Å²) >= 11 is 0. The number of rotatable bonds is 5. The molecule has 1 aliphatic rings. The molecule has 0 amide bonds. The summed E-state index contributed by atoms with van der Waals surface area (Å²) in [6.07, 6.45) is 5.58. The van der Waals surface area contributed by atoms with E-state index in [-0.39, 0.29) is 0 Å². The molecule has 0 bridgehead atoms. The van der Waals surface area contributed by atoms with Gasteiger partial charge < -0.3 is 8.94 Å². The van der Waals surface area contributed by atoms with E-state index in [0.29, 0.717) is 24.3 Å². The Hall–Kier alpha value is -2.41. The monoisotopic (exact) mass is 327 g/mol. The molecule has 0 N–H and O–H groups in total. The third-order valence-electron chi connectivity index (χ3n) is 4.57. The fraction of sp³-hybridized carbons (Fsp3) is 0.471. The Labute approximate surface area is 140 Å². The molecule has 24 heavy (non-hydrogen) atoms. The Morgan fingerprint density at radius 1 is 1.33 bits per heavy atom. The molecule has 7 heteroatoms. The number of aryl methyl sites for hydroxylation is 2. The lowest BCUT2D eigenvalue weighted by atomic mass is 10.2. The minimum Gasteiger partial charge on any atom is -0.472 e. The van der Waals surface area contributed by atoms with Gasteiger partial charge in [0.05, 0.1) is 30.6 Å². The van der Waals surface area contributed by atoms with Crippen molar-refractivity contribution in [1.29, 1.82) is 0 Å². The van der Waals surface area contributed by atoms with Gasteiger partial charge >= 0.3 is 0 Å². The van der Waals surface area contributed by atoms with Gasteiger partial charge in [0.1, 0.15) is 6.26 Å². The molecule has 0 unspecified atom stereocenters. The molecule has 7 nitrogen and oxygen atoms in total. The Balaban J connectivity index is 1.44. The zero-order chi connectivity index (χ0) is 16.5. The van der Waals surface area contributed by atoms with Crippen LogP contribution < -0.4 is 0 Å². The first-order valence-corrected chi connectivity index (χ1v) is 8.29. The second kappa shape index (κ2) is 6.24. The molecule has 1 aliphatic heterocycles. The van der Waals surface area contributed by atoms with E-state index in [1.54, 1.807) is 12.5 Å². The quantitative estimate of drug-likeness (QED) is 0.717. The fourth-order valence-electron chi connectivity index (χ4n) is 3.37. The predicted octanol–water partition coefficient (Wildman–Crippen LogP) is 2.81. The van der Waals surface area contributed by atoms with Crippen LogP contribution in [0.3, 0.4) is 0 Å². The number of nitrogens with zero attached hydrogens (tertiary/aromatic N) is 5. The van der Waals surface area contributed by atoms with Crippen molar-refractivity contribution in [2.75, 3.05) is 6.54 Å². The molecule has 4 rings (SSSR count). The van der Waals surface area contributed by atoms with Gasteiger partial charge in [0.25, 0.3) is 0 Å². The van der Waals surface area contributed by atoms with Crippen LogP contribution in [0.5, 0.6) is 0 Å². The summed E-state index contributed by atoms with van der Waals surface area (Å²) in [6.45, 7) is 6.77. The van der Waals surface area contributed by atoms with Crippen molar-refractivity contribution in [3.8, 4) is 11.4 Å². The first-order valence-electron chi connectivity index (χ1n) is 8.29. The number of aromatic nitrogens is 4. The normalized spacial score (nSPS) is 18.5. The standard InChI is InChI=1S/C17H21N5O2/c1-12-8-13(2)22(19-12)9-15-4-3-6-21(15)10-16-18-17(20-24-16)14-5-7-23-11-14/h5,7-8,11,15H,3-4,6,9-10H2,1-2H3/t15-/m1/s1. The van der Waals surface area contributed by atoms with Gasteiger partial charge in [-0.1, -0.05) is 5.16 Å². The van der Waals surface area contributed by atoms with Crippen molar-refractivity contribution in [2.45, 2.75) is 45.8 Å². The summed E-state index contributed by atoms with van der Waals surface area (Å²) in [4.78, 5) is 6.88. The van der Waals surface area contributed by atoms with Gasteiger partial charge in [-0.3, -0.25) is 9.58 Å². The highest BCUT2D eigenvalue weighted by Crippen LogP contribution is 2.23. The average Bonchev–Trinajstić information content (AvgIpc) is 3.30. The van der Waals surface area contributed by atoms with Crippen molar-refractivity contribution in [2.24, 2.45) is 0 Å². The molecule has 0 saturated carbocycles. The Morgan fingerprint density at radius 2 is 2.25 bits per heavy atom. The molecule has 1 saturated heterocycles. The molecule has 1 fully saturated rings. The largest absolute Gasteiger partial charge is 0.472 e. The Kier molecular flexibility index (Phi) is 3.93. The van der Waals surface area contributed by atoms with Crippen LogP contribution in [0.1, 0.15) is 30.1 Å². The van der Waals surface area contributed by atoms with Crippen molar-refractivity contribution >= 4 is 0 Å². The topological polar surface area (TPSA) is 73.1 Å². The van der Waals surface area contributed by atoms with Crippen LogP contribution >= 0.6 is 0 Å². The molecule has 0 aromatic carbocycles. The molecular formula is C17H21N5O2. The summed E-state index contributed by atoms with van der Waals surface area (Å²) in [5.41, 5.74) is 3.11. The highest BCUT2D eigenvalue weighted by atomic mass is 16.5. The molecule has 1 atom stereocenters. The van der Waals surface area contributed by atoms with E-state index >= 15 is 0 Å². The van der Waals surface area contributed by atoms with E-state index in [2.05, 4.69) is 37.8 Å². The summed E-state index contributed by atoms with van der Waals surface area (Å²) in [5, 5.41) is 8.62. The van der Waals surface area contributed by atoms with Gasteiger partial charge in [0, 0.05) is 11.7 Å². The minimum absolute atomic E-state index is 0.451. The van der Waals surface area contributed by atoms with Gasteiger partial charge in [-0.15, -0.1) is 0 Å². The third-order valence-corrected chi connectivity index (χ3v) is 4.57. The van der Waals surface area contributed by atoms with Crippen molar-refractivity contribution in [1.82, 2.24) is 24.8 Å². The van der Waals surface area contributed by atoms with Crippen LogP contribution in [0.2, 0.25) is 0 Å². The smallest absolute Gasteiger partial charge is 0.241 e. The maximum atomic E-state index is 5.41. The van der Waals surface area contributed by atoms with Crippen LogP contribution in [0.15, 0.2) is 33.6 Å². The van der Waals surface area contributed by atoms with E-state index in [0.717, 1.165) is 24.3 Å². The summed E-state index contributed by atoms with van der Waals surface area (Å²) in [7, 11) is 0. The number of hydrogen-bond donors (Lipinski definition) is 0. The second-order valence-corrected chi connectivity index (χ2v) is 6.40. The zero-order valence-electron chi connectivity index (χ0n) is 14.0. The van der Waals surface area contributed by atoms with Crippen molar-refractivity contribution in [3.63, 3.8) is 0 Å². The zero-order valence-corrected chi connectivity index (χ0v) is 14.0. The van der Waals surface area contributed by atoms with Crippen molar-refractivity contribution in [3.05, 3.63) is 41.9 Å². The van der Waals surface area contributed by atoms with E-state index < -0.39 is 0 Å². The van der Waals surface area contributed by atoms with Crippen LogP contribution in [0.4, 0.5) is 0 Å². The predicted molar refractivity (Wildman–Crippen MR) is 87.1 cm³/mol. The van der Waals surface area contributed by atoms with Gasteiger partial charge in [0.15, 0.2) is 0 Å². The summed E-state index contributed by atoms with van der Waals surface area (Å²) in [6, 6.07) is 4.40. The third kappa shape index (κ3) is 2.99. The van der Waals surface area contributed by atoms with Crippen LogP contribution in [-0.4, -0.2) is 37.4 Å². The minimum atomic E-state index is 0.451. The van der Waals surface area contributed by atoms with E-state index in [9.17, 15) is 0 Å². The number of likely N-dealkylation sites (tertiary alicyclic amines) is 1. The van der Waals surface area contributed by atoms with Gasteiger partial charge in [-0.05, 0) is 45.4 Å². The number of furan rings is 1. The maximum absolute atomic E-state index is 5.41. The first kappa shape index (κ1) is 15.1. The summed E-state index contributed by atoms with van der Waals surface area (Å²) in [5.74, 6) is 1.22. The highest BCUT2D eigenvalue weighted by molar-refractivity contribution is 5.51. The molecule has 0 radical (unpaired) electrons. The Bertz CT molecular complexity index is 805. The summed E-state index contributed by atoms with van der Waals surface area (Å²) < 4.78 is 12.6. The molecule has 4 heterocycles. The highest BCUT2D eigenvalue weighted by Gasteiger charge is 2.27. The molecule has 0 spiro atoms. The molecule has 126 valence electrons. The lowest BCUT2D eigenvalue weighted by molar-refractivity contribution is 0.191. The number of hydrogen-bond acceptors (Lipinski definition) is 6. The van der Waals surface area contributed by atoms with Crippen LogP contribution in [0.25, 0.3) is 11.4 Å². The van der Waals surface area contributed by atoms with E-state index in [4.69, 9.17) is 8.94 Å². The van der Waals surface area contributed by atoms with Crippen LogP contribution in [0, 0.1) is 13.8 Å². The van der Waals surface area contributed by atoms with Gasteiger partial charge in [0.2, 0.25) is 11.7 Å². The van der Waals surface area contributed by atoms with Crippen molar-refractivity contribution < 1.29 is 8.94 Å². The van der Waals surface area contributed by atoms with Gasteiger partial charge in [-0.25, -0.2) is 0 Å². The van der Waals surface area contributed by atoms with Crippen LogP contribution in [-0.2, 0) is 13.1 Å². The lowest BCUT2D eigenvalue weighted by Crippen LogP contribution is -2.33. The first-order chi connectivity index (χ1) is 11.7. The molecule has 3 aromatic rings. The average molecular weight is 327 g/mol. The van der Waals surface area contributed by atoms with E-state index in [1.807, 2.05) is 13.0 Å². The maximum Gasteiger partial charge on any atom is 0.241 e. The fourth-order valence-corrected chi connectivity index (χ4v) is 3.37. The van der Waals surface area contributed by atoms with Gasteiger partial charge in [-0.2, -0.15) is 10.1 Å². The lowest BCUT2D eigenvalue weighted by Gasteiger charge is -2.23. The molecular weight excluding hydrogens is 306 g/mol. The molecule has 3 aromatic heterocycles.